The van der Waals surface area contributed by atoms with Crippen LogP contribution in [0.4, 0.5) is 0 Å². The Morgan fingerprint density at radius 1 is 1.43 bits per heavy atom. The van der Waals surface area contributed by atoms with Crippen molar-refractivity contribution in [1.82, 2.24) is 0 Å². The molecule has 2 nitrogen and oxygen atoms in total. The highest BCUT2D eigenvalue weighted by molar-refractivity contribution is 6.43. The highest BCUT2D eigenvalue weighted by Crippen LogP contribution is 2.38. The van der Waals surface area contributed by atoms with Crippen molar-refractivity contribution >= 4 is 29.0 Å². The number of Topliss-reactive ketones (excluding diaryl/α,β-unsaturated/α-hetero) is 1. The number of hydrogen-bond acceptors (Lipinski definition) is 2. The van der Waals surface area contributed by atoms with Crippen LogP contribution in [-0.2, 0) is 0 Å². The molecule has 0 N–H and O–H groups in total. The maximum absolute atomic E-state index is 11.6. The number of ether oxygens (including phenoxy) is 1. The lowest BCUT2D eigenvalue weighted by Gasteiger charge is -2.23. The average molecular weight is 231 g/mol. The van der Waals surface area contributed by atoms with E-state index in [0.29, 0.717) is 27.8 Å². The van der Waals surface area contributed by atoms with Crippen molar-refractivity contribution in [3.05, 3.63) is 27.7 Å². The lowest BCUT2D eigenvalue weighted by Crippen LogP contribution is -2.24. The number of hydrogen-bond donors (Lipinski definition) is 0. The van der Waals surface area contributed by atoms with Gasteiger partial charge in [0.15, 0.2) is 11.5 Å². The second kappa shape index (κ2) is 3.44. The third-order valence-corrected chi connectivity index (χ3v) is 2.93. The van der Waals surface area contributed by atoms with Crippen molar-refractivity contribution < 1.29 is 9.53 Å². The number of halogens is 2. The summed E-state index contributed by atoms with van der Waals surface area (Å²) in [6.45, 7) is 1.83. The number of carbonyl (C=O) groups excluding carboxylic acids is 1. The van der Waals surface area contributed by atoms with Crippen molar-refractivity contribution in [3.8, 4) is 5.75 Å². The number of rotatable bonds is 0. The summed E-state index contributed by atoms with van der Waals surface area (Å²) in [5.41, 5.74) is 0.525. The molecule has 0 saturated carbocycles. The van der Waals surface area contributed by atoms with Crippen LogP contribution in [-0.4, -0.2) is 11.9 Å². The Hall–Kier alpha value is -0.730. The van der Waals surface area contributed by atoms with Crippen molar-refractivity contribution in [1.29, 1.82) is 0 Å². The van der Waals surface area contributed by atoms with E-state index in [1.165, 1.54) is 0 Å². The molecule has 0 bridgehead atoms. The Labute approximate surface area is 91.8 Å². The summed E-state index contributed by atoms with van der Waals surface area (Å²) >= 11 is 11.8. The first-order valence-corrected chi connectivity index (χ1v) is 5.03. The molecule has 1 atom stereocenters. The van der Waals surface area contributed by atoms with Crippen LogP contribution >= 0.6 is 23.2 Å². The Bertz CT molecular complexity index is 401. The molecule has 0 fully saturated rings. The van der Waals surface area contributed by atoms with Gasteiger partial charge in [-0.05, 0) is 19.1 Å². The zero-order valence-corrected chi connectivity index (χ0v) is 9.02. The zero-order chi connectivity index (χ0) is 10.3. The van der Waals surface area contributed by atoms with Crippen LogP contribution in [0, 0.1) is 0 Å². The summed E-state index contributed by atoms with van der Waals surface area (Å²) in [5.74, 6) is 0.472. The minimum absolute atomic E-state index is 0.0531. The summed E-state index contributed by atoms with van der Waals surface area (Å²) in [5, 5.41) is 0.733. The standard InChI is InChI=1S/C10H8Cl2O2/c1-5-4-8(13)6-2-3-7(11)9(12)10(6)14-5/h2-3,5H,4H2,1H3. The summed E-state index contributed by atoms with van der Waals surface area (Å²) in [7, 11) is 0. The zero-order valence-electron chi connectivity index (χ0n) is 7.51. The molecule has 1 aromatic carbocycles. The molecule has 0 spiro atoms. The van der Waals surface area contributed by atoms with E-state index in [9.17, 15) is 4.79 Å². The van der Waals surface area contributed by atoms with Crippen molar-refractivity contribution in [2.24, 2.45) is 0 Å². The molecule has 1 aliphatic heterocycles. The van der Waals surface area contributed by atoms with E-state index in [1.54, 1.807) is 12.1 Å². The fraction of sp³-hybridized carbons (Fsp3) is 0.300. The van der Waals surface area contributed by atoms with Crippen LogP contribution in [0.15, 0.2) is 12.1 Å². The van der Waals surface area contributed by atoms with Gasteiger partial charge in [0.05, 0.1) is 10.6 Å². The number of fused-ring (bicyclic) bond motifs is 1. The van der Waals surface area contributed by atoms with E-state index in [-0.39, 0.29) is 11.9 Å². The topological polar surface area (TPSA) is 26.3 Å². The molecule has 0 amide bonds. The fourth-order valence-corrected chi connectivity index (χ4v) is 1.84. The van der Waals surface area contributed by atoms with Gasteiger partial charge in [-0.2, -0.15) is 0 Å². The van der Waals surface area contributed by atoms with Crippen molar-refractivity contribution in [3.63, 3.8) is 0 Å². The van der Waals surface area contributed by atoms with E-state index in [4.69, 9.17) is 27.9 Å². The number of ketones is 1. The van der Waals surface area contributed by atoms with Crippen LogP contribution in [0.25, 0.3) is 0 Å². The molecule has 1 aromatic rings. The summed E-state index contributed by atoms with van der Waals surface area (Å²) in [6.07, 6.45) is 0.260. The summed E-state index contributed by atoms with van der Waals surface area (Å²) < 4.78 is 5.48. The van der Waals surface area contributed by atoms with E-state index in [0.717, 1.165) is 0 Å². The second-order valence-electron chi connectivity index (χ2n) is 3.29. The number of benzene rings is 1. The molecule has 0 saturated heterocycles. The normalized spacial score (nSPS) is 20.2. The maximum Gasteiger partial charge on any atom is 0.170 e. The van der Waals surface area contributed by atoms with E-state index in [1.807, 2.05) is 6.92 Å². The van der Waals surface area contributed by atoms with Gasteiger partial charge >= 0.3 is 0 Å². The van der Waals surface area contributed by atoms with E-state index in [2.05, 4.69) is 0 Å². The van der Waals surface area contributed by atoms with Gasteiger partial charge in [0.25, 0.3) is 0 Å². The molecule has 1 heterocycles. The fourth-order valence-electron chi connectivity index (χ4n) is 1.48. The highest BCUT2D eigenvalue weighted by atomic mass is 35.5. The van der Waals surface area contributed by atoms with Gasteiger partial charge in [-0.25, -0.2) is 0 Å². The van der Waals surface area contributed by atoms with Crippen LogP contribution in [0.2, 0.25) is 10.0 Å². The first-order chi connectivity index (χ1) is 6.59. The Kier molecular flexibility index (Phi) is 2.41. The number of carbonyl (C=O) groups is 1. The van der Waals surface area contributed by atoms with Crippen molar-refractivity contribution in [2.45, 2.75) is 19.4 Å². The SMILES string of the molecule is CC1CC(=O)c2ccc(Cl)c(Cl)c2O1. The first-order valence-electron chi connectivity index (χ1n) is 4.27. The largest absolute Gasteiger partial charge is 0.488 e. The van der Waals surface area contributed by atoms with Crippen LogP contribution < -0.4 is 4.74 Å². The summed E-state index contributed by atoms with van der Waals surface area (Å²) in [6, 6.07) is 3.26. The van der Waals surface area contributed by atoms with Gasteiger partial charge < -0.3 is 4.74 Å². The molecular formula is C10H8Cl2O2. The van der Waals surface area contributed by atoms with Crippen LogP contribution in [0.3, 0.4) is 0 Å². The third-order valence-electron chi connectivity index (χ3n) is 2.14. The van der Waals surface area contributed by atoms with Gasteiger partial charge in [-0.3, -0.25) is 4.79 Å². The summed E-state index contributed by atoms with van der Waals surface area (Å²) in [4.78, 5) is 11.6. The minimum atomic E-state index is -0.133. The highest BCUT2D eigenvalue weighted by Gasteiger charge is 2.26. The lowest BCUT2D eigenvalue weighted by molar-refractivity contribution is 0.0871. The molecule has 74 valence electrons. The molecule has 0 aromatic heterocycles. The Morgan fingerprint density at radius 2 is 2.14 bits per heavy atom. The quantitative estimate of drug-likeness (QED) is 0.684. The molecule has 2 rings (SSSR count). The van der Waals surface area contributed by atoms with Gasteiger partial charge in [-0.1, -0.05) is 23.2 Å². The molecule has 4 heteroatoms. The smallest absolute Gasteiger partial charge is 0.170 e. The second-order valence-corrected chi connectivity index (χ2v) is 4.08. The van der Waals surface area contributed by atoms with Gasteiger partial charge in [0.1, 0.15) is 11.1 Å². The lowest BCUT2D eigenvalue weighted by atomic mass is 10.0. The minimum Gasteiger partial charge on any atom is -0.488 e. The Balaban J connectivity index is 2.59. The van der Waals surface area contributed by atoms with Gasteiger partial charge in [-0.15, -0.1) is 0 Å². The molecule has 0 radical (unpaired) electrons. The molecule has 14 heavy (non-hydrogen) atoms. The van der Waals surface area contributed by atoms with Crippen LogP contribution in [0.1, 0.15) is 23.7 Å². The van der Waals surface area contributed by atoms with Gasteiger partial charge in [0.2, 0.25) is 0 Å². The predicted octanol–water partition coefficient (Wildman–Crippen LogP) is 3.35. The van der Waals surface area contributed by atoms with Crippen LogP contribution in [0.5, 0.6) is 5.75 Å². The van der Waals surface area contributed by atoms with E-state index < -0.39 is 0 Å². The Morgan fingerprint density at radius 3 is 2.86 bits per heavy atom. The van der Waals surface area contributed by atoms with E-state index >= 15 is 0 Å². The molecule has 0 aliphatic carbocycles. The average Bonchev–Trinajstić information content (AvgIpc) is 2.12. The maximum atomic E-state index is 11.6. The van der Waals surface area contributed by atoms with Gasteiger partial charge in [0, 0.05) is 6.42 Å². The third kappa shape index (κ3) is 1.49. The molecule has 1 unspecified atom stereocenters. The van der Waals surface area contributed by atoms with Crippen molar-refractivity contribution in [2.75, 3.05) is 0 Å². The predicted molar refractivity (Wildman–Crippen MR) is 55.5 cm³/mol. The molecule has 1 aliphatic rings. The first kappa shape index (κ1) is 9.81. The monoisotopic (exact) mass is 230 g/mol. The molecular weight excluding hydrogens is 223 g/mol.